The fraction of sp³-hybridized carbons (Fsp3) is 0.360. The van der Waals surface area contributed by atoms with Crippen LogP contribution in [0.3, 0.4) is 0 Å². The Labute approximate surface area is 197 Å². The molecule has 2 heterocycles. The van der Waals surface area contributed by atoms with Crippen molar-refractivity contribution in [3.05, 3.63) is 74.7 Å². The van der Waals surface area contributed by atoms with Gasteiger partial charge in [0, 0.05) is 25.0 Å². The fourth-order valence-electron chi connectivity index (χ4n) is 4.01. The van der Waals surface area contributed by atoms with Gasteiger partial charge in [-0.2, -0.15) is 0 Å². The number of aromatic nitrogens is 1. The summed E-state index contributed by atoms with van der Waals surface area (Å²) in [6, 6.07) is 15.9. The minimum atomic E-state index is -0.185. The van der Waals surface area contributed by atoms with E-state index in [1.807, 2.05) is 60.8 Å². The van der Waals surface area contributed by atoms with Crippen LogP contribution >= 0.6 is 11.3 Å². The lowest BCUT2D eigenvalue weighted by Gasteiger charge is -2.35. The number of nitrogens with zero attached hydrogens (tertiary/aromatic N) is 2. The molecule has 4 rings (SSSR count). The number of benzene rings is 2. The Morgan fingerprint density at radius 1 is 1.12 bits per heavy atom. The first-order valence-corrected chi connectivity index (χ1v) is 11.9. The topological polar surface area (TPSA) is 72.8 Å². The number of carbonyl (C=O) groups excluding carboxylic acids is 1. The molecule has 1 fully saturated rings. The van der Waals surface area contributed by atoms with Gasteiger partial charge in [-0.25, -0.2) is 0 Å². The summed E-state index contributed by atoms with van der Waals surface area (Å²) in [5, 5.41) is 4.87. The van der Waals surface area contributed by atoms with E-state index in [9.17, 15) is 9.59 Å². The number of ether oxygens (including phenoxy) is 2. The van der Waals surface area contributed by atoms with Crippen LogP contribution in [-0.2, 0) is 16.1 Å². The Balaban J connectivity index is 1.47. The molecule has 3 aromatic rings. The van der Waals surface area contributed by atoms with Gasteiger partial charge >= 0.3 is 4.87 Å². The number of morpholine rings is 1. The van der Waals surface area contributed by atoms with Crippen LogP contribution in [0.1, 0.15) is 17.2 Å². The highest BCUT2D eigenvalue weighted by atomic mass is 32.1. The fourth-order valence-corrected chi connectivity index (χ4v) is 4.78. The number of hydrogen-bond acceptors (Lipinski definition) is 6. The second kappa shape index (κ2) is 10.8. The lowest BCUT2D eigenvalue weighted by Crippen LogP contribution is -2.44. The molecule has 2 aromatic carbocycles. The molecule has 0 radical (unpaired) electrons. The molecule has 174 valence electrons. The van der Waals surface area contributed by atoms with Crippen LogP contribution in [0.5, 0.6) is 5.75 Å². The van der Waals surface area contributed by atoms with Crippen LogP contribution in [0.15, 0.2) is 58.7 Å². The number of aryl methyl sites for hydroxylation is 1. The molecule has 1 unspecified atom stereocenters. The van der Waals surface area contributed by atoms with Crippen molar-refractivity contribution in [2.45, 2.75) is 19.5 Å². The van der Waals surface area contributed by atoms with E-state index in [4.69, 9.17) is 9.47 Å². The van der Waals surface area contributed by atoms with Gasteiger partial charge in [-0.3, -0.25) is 19.1 Å². The van der Waals surface area contributed by atoms with Gasteiger partial charge in [-0.1, -0.05) is 53.3 Å². The first kappa shape index (κ1) is 23.2. The number of rotatable bonds is 8. The summed E-state index contributed by atoms with van der Waals surface area (Å²) in [4.78, 5) is 27.5. The largest absolute Gasteiger partial charge is 0.497 e. The van der Waals surface area contributed by atoms with Crippen LogP contribution in [0.4, 0.5) is 0 Å². The Kier molecular flexibility index (Phi) is 7.59. The summed E-state index contributed by atoms with van der Waals surface area (Å²) < 4.78 is 12.3. The van der Waals surface area contributed by atoms with Crippen molar-refractivity contribution < 1.29 is 14.3 Å². The van der Waals surface area contributed by atoms with Crippen molar-refractivity contribution in [3.63, 3.8) is 0 Å². The third kappa shape index (κ3) is 5.71. The lowest BCUT2D eigenvalue weighted by atomic mass is 10.0. The Morgan fingerprint density at radius 3 is 2.48 bits per heavy atom. The van der Waals surface area contributed by atoms with E-state index in [1.165, 1.54) is 0 Å². The highest BCUT2D eigenvalue weighted by Crippen LogP contribution is 2.24. The summed E-state index contributed by atoms with van der Waals surface area (Å²) in [6.07, 6.45) is 0. The average Bonchev–Trinajstić information content (AvgIpc) is 3.20. The molecule has 1 aliphatic rings. The van der Waals surface area contributed by atoms with E-state index in [1.54, 1.807) is 11.7 Å². The number of thiazole rings is 1. The lowest BCUT2D eigenvalue weighted by molar-refractivity contribution is -0.122. The van der Waals surface area contributed by atoms with Crippen molar-refractivity contribution in [2.75, 3.05) is 40.0 Å². The molecule has 33 heavy (non-hydrogen) atoms. The predicted octanol–water partition coefficient (Wildman–Crippen LogP) is 3.08. The standard InChI is InChI=1S/C25H29N3O4S/c1-18-3-5-20(6-4-18)23-17-33-25(30)28(23)16-24(29)26-15-22(27-11-13-32-14-12-27)19-7-9-21(31-2)10-8-19/h3-10,17,22H,11-16H2,1-2H3,(H,26,29). The van der Waals surface area contributed by atoms with Crippen molar-refractivity contribution in [2.24, 2.45) is 0 Å². The first-order chi connectivity index (χ1) is 16.0. The van der Waals surface area contributed by atoms with Crippen molar-refractivity contribution in [1.82, 2.24) is 14.8 Å². The van der Waals surface area contributed by atoms with E-state index in [0.29, 0.717) is 19.8 Å². The molecular weight excluding hydrogens is 438 g/mol. The van der Waals surface area contributed by atoms with Gasteiger partial charge in [0.15, 0.2) is 0 Å². The molecule has 1 saturated heterocycles. The zero-order chi connectivity index (χ0) is 23.2. The zero-order valence-corrected chi connectivity index (χ0v) is 19.8. The van der Waals surface area contributed by atoms with E-state index in [-0.39, 0.29) is 23.4 Å². The Bertz CT molecular complexity index is 1120. The van der Waals surface area contributed by atoms with E-state index >= 15 is 0 Å². The molecule has 1 N–H and O–H groups in total. The number of carbonyl (C=O) groups is 1. The quantitative estimate of drug-likeness (QED) is 0.551. The summed E-state index contributed by atoms with van der Waals surface area (Å²) in [5.41, 5.74) is 3.94. The molecule has 0 spiro atoms. The predicted molar refractivity (Wildman–Crippen MR) is 130 cm³/mol. The van der Waals surface area contributed by atoms with Gasteiger partial charge in [-0.15, -0.1) is 0 Å². The molecule has 0 saturated carbocycles. The number of amides is 1. The van der Waals surface area contributed by atoms with Gasteiger partial charge in [0.1, 0.15) is 12.3 Å². The first-order valence-electron chi connectivity index (χ1n) is 11.0. The third-order valence-electron chi connectivity index (χ3n) is 5.91. The van der Waals surface area contributed by atoms with Crippen LogP contribution in [-0.4, -0.2) is 55.3 Å². The normalized spacial score (nSPS) is 15.2. The van der Waals surface area contributed by atoms with Crippen molar-refractivity contribution >= 4 is 17.2 Å². The van der Waals surface area contributed by atoms with Crippen molar-refractivity contribution in [3.8, 4) is 17.0 Å². The van der Waals surface area contributed by atoms with Gasteiger partial charge in [0.25, 0.3) is 0 Å². The summed E-state index contributed by atoms with van der Waals surface area (Å²) >= 11 is 1.11. The highest BCUT2D eigenvalue weighted by molar-refractivity contribution is 7.07. The number of hydrogen-bond donors (Lipinski definition) is 1. The van der Waals surface area contributed by atoms with E-state index in [0.717, 1.165) is 52.6 Å². The number of nitrogens with one attached hydrogen (secondary N) is 1. The van der Waals surface area contributed by atoms with Crippen LogP contribution in [0.2, 0.25) is 0 Å². The third-order valence-corrected chi connectivity index (χ3v) is 6.67. The summed E-state index contributed by atoms with van der Waals surface area (Å²) in [7, 11) is 1.64. The maximum atomic E-state index is 12.9. The molecular formula is C25H29N3O4S. The Morgan fingerprint density at radius 2 is 1.82 bits per heavy atom. The monoisotopic (exact) mass is 467 g/mol. The highest BCUT2D eigenvalue weighted by Gasteiger charge is 2.23. The second-order valence-electron chi connectivity index (χ2n) is 8.08. The molecule has 1 amide bonds. The maximum absolute atomic E-state index is 12.9. The average molecular weight is 468 g/mol. The zero-order valence-electron chi connectivity index (χ0n) is 19.0. The molecule has 1 aliphatic heterocycles. The molecule has 1 aromatic heterocycles. The SMILES string of the molecule is COc1ccc(C(CNC(=O)Cn2c(-c3ccc(C)cc3)csc2=O)N2CCOCC2)cc1. The van der Waals surface area contributed by atoms with Gasteiger partial charge < -0.3 is 14.8 Å². The van der Waals surface area contributed by atoms with Gasteiger partial charge in [0.2, 0.25) is 5.91 Å². The Hall–Kier alpha value is -2.94. The molecule has 0 aliphatic carbocycles. The van der Waals surface area contributed by atoms with Crippen molar-refractivity contribution in [1.29, 1.82) is 0 Å². The van der Waals surface area contributed by atoms with Gasteiger partial charge in [-0.05, 0) is 30.2 Å². The van der Waals surface area contributed by atoms with Crippen LogP contribution in [0, 0.1) is 6.92 Å². The minimum absolute atomic E-state index is 0.00993. The van der Waals surface area contributed by atoms with E-state index in [2.05, 4.69) is 10.2 Å². The van der Waals surface area contributed by atoms with Crippen LogP contribution < -0.4 is 14.9 Å². The molecule has 8 heteroatoms. The van der Waals surface area contributed by atoms with Gasteiger partial charge in [0.05, 0.1) is 32.1 Å². The summed E-state index contributed by atoms with van der Waals surface area (Å²) in [5.74, 6) is 0.611. The van der Waals surface area contributed by atoms with Crippen LogP contribution in [0.25, 0.3) is 11.3 Å². The summed E-state index contributed by atoms with van der Waals surface area (Å²) in [6.45, 7) is 5.40. The van der Waals surface area contributed by atoms with E-state index < -0.39 is 0 Å². The smallest absolute Gasteiger partial charge is 0.308 e. The molecule has 1 atom stereocenters. The minimum Gasteiger partial charge on any atom is -0.497 e. The number of methoxy groups -OCH3 is 1. The second-order valence-corrected chi connectivity index (χ2v) is 8.90. The maximum Gasteiger partial charge on any atom is 0.308 e. The molecule has 0 bridgehead atoms. The molecule has 7 nitrogen and oxygen atoms in total.